The average Bonchev–Trinajstić information content (AvgIpc) is 3.58. The Hall–Kier alpha value is -3.41. The zero-order valence-electron chi connectivity index (χ0n) is 22.6. The highest BCUT2D eigenvalue weighted by Crippen LogP contribution is 2.40. The summed E-state index contributed by atoms with van der Waals surface area (Å²) in [6, 6.07) is 17.1. The number of anilines is 1. The fourth-order valence-corrected chi connectivity index (χ4v) is 5.74. The van der Waals surface area contributed by atoms with Crippen LogP contribution in [-0.2, 0) is 17.9 Å². The van der Waals surface area contributed by atoms with Gasteiger partial charge in [0.1, 0.15) is 11.4 Å². The van der Waals surface area contributed by atoms with Gasteiger partial charge in [-0.25, -0.2) is 0 Å². The Bertz CT molecular complexity index is 1290. The summed E-state index contributed by atoms with van der Waals surface area (Å²) in [6.45, 7) is 7.43. The molecule has 0 bridgehead atoms. The van der Waals surface area contributed by atoms with Gasteiger partial charge in [0.2, 0.25) is 5.88 Å². The SMILES string of the molecule is CCCCC1=NC2(CCCC2)C(=O)N1Cc1ccc(-c2ccccc2)c(CN(C)c2onc(C)c2C)c1. The van der Waals surface area contributed by atoms with Crippen LogP contribution in [-0.4, -0.2) is 34.4 Å². The molecule has 5 rings (SSSR count). The van der Waals surface area contributed by atoms with E-state index in [2.05, 4.69) is 59.4 Å². The maximum absolute atomic E-state index is 13.7. The smallest absolute Gasteiger partial charge is 0.256 e. The van der Waals surface area contributed by atoms with Crippen LogP contribution in [0, 0.1) is 13.8 Å². The number of aryl methyl sites for hydroxylation is 1. The summed E-state index contributed by atoms with van der Waals surface area (Å²) in [6.07, 6.45) is 6.97. The van der Waals surface area contributed by atoms with Crippen molar-refractivity contribution in [1.82, 2.24) is 10.1 Å². The summed E-state index contributed by atoms with van der Waals surface area (Å²) in [5.41, 5.74) is 6.14. The second-order valence-electron chi connectivity index (χ2n) is 10.7. The van der Waals surface area contributed by atoms with Crippen molar-refractivity contribution in [3.8, 4) is 11.1 Å². The lowest BCUT2D eigenvalue weighted by atomic mass is 9.96. The molecule has 0 saturated heterocycles. The van der Waals surface area contributed by atoms with Crippen LogP contribution in [0.25, 0.3) is 11.1 Å². The van der Waals surface area contributed by atoms with Crippen molar-refractivity contribution < 1.29 is 9.32 Å². The molecule has 1 saturated carbocycles. The molecule has 1 spiro atoms. The zero-order valence-corrected chi connectivity index (χ0v) is 22.6. The Kier molecular flexibility index (Phi) is 7.18. The van der Waals surface area contributed by atoms with Gasteiger partial charge in [0.05, 0.1) is 12.2 Å². The first-order chi connectivity index (χ1) is 17.9. The fourth-order valence-electron chi connectivity index (χ4n) is 5.74. The summed E-state index contributed by atoms with van der Waals surface area (Å²) >= 11 is 0. The van der Waals surface area contributed by atoms with Crippen LogP contribution < -0.4 is 4.90 Å². The van der Waals surface area contributed by atoms with E-state index in [1.54, 1.807) is 0 Å². The molecule has 0 radical (unpaired) electrons. The van der Waals surface area contributed by atoms with Gasteiger partial charge >= 0.3 is 0 Å². The maximum atomic E-state index is 13.7. The lowest BCUT2D eigenvalue weighted by molar-refractivity contribution is -0.131. The van der Waals surface area contributed by atoms with Crippen LogP contribution in [0.1, 0.15) is 74.3 Å². The van der Waals surface area contributed by atoms with Crippen LogP contribution in [0.15, 0.2) is 58.0 Å². The van der Waals surface area contributed by atoms with Crippen molar-refractivity contribution in [2.75, 3.05) is 11.9 Å². The Balaban J connectivity index is 1.46. The van der Waals surface area contributed by atoms with E-state index in [0.29, 0.717) is 13.1 Å². The molecule has 1 aromatic heterocycles. The van der Waals surface area contributed by atoms with Crippen molar-refractivity contribution in [3.63, 3.8) is 0 Å². The van der Waals surface area contributed by atoms with Crippen LogP contribution in [0.2, 0.25) is 0 Å². The Morgan fingerprint density at radius 1 is 1.08 bits per heavy atom. The second-order valence-corrected chi connectivity index (χ2v) is 10.7. The first-order valence-electron chi connectivity index (χ1n) is 13.6. The van der Waals surface area contributed by atoms with Gasteiger partial charge in [-0.15, -0.1) is 0 Å². The van der Waals surface area contributed by atoms with Crippen LogP contribution >= 0.6 is 0 Å². The summed E-state index contributed by atoms with van der Waals surface area (Å²) in [5, 5.41) is 4.15. The quantitative estimate of drug-likeness (QED) is 0.324. The molecular weight excluding hydrogens is 460 g/mol. The number of rotatable bonds is 9. The third kappa shape index (κ3) is 4.94. The summed E-state index contributed by atoms with van der Waals surface area (Å²) in [5.74, 6) is 1.97. The van der Waals surface area contributed by atoms with E-state index >= 15 is 0 Å². The molecular formula is C31H38N4O2. The van der Waals surface area contributed by atoms with Crippen molar-refractivity contribution in [3.05, 3.63) is 70.9 Å². The second kappa shape index (κ2) is 10.5. The maximum Gasteiger partial charge on any atom is 0.256 e. The number of amidine groups is 1. The average molecular weight is 499 g/mol. The molecule has 3 aromatic rings. The normalized spacial score (nSPS) is 16.6. The van der Waals surface area contributed by atoms with Crippen LogP contribution in [0.3, 0.4) is 0 Å². The topological polar surface area (TPSA) is 61.9 Å². The van der Waals surface area contributed by atoms with E-state index in [-0.39, 0.29) is 5.91 Å². The molecule has 6 nitrogen and oxygen atoms in total. The minimum Gasteiger partial charge on any atom is -0.339 e. The van der Waals surface area contributed by atoms with Gasteiger partial charge in [0, 0.05) is 25.6 Å². The molecule has 0 N–H and O–H groups in total. The van der Waals surface area contributed by atoms with Gasteiger partial charge in [0.15, 0.2) is 0 Å². The minimum atomic E-state index is -0.502. The predicted molar refractivity (Wildman–Crippen MR) is 149 cm³/mol. The first-order valence-corrected chi connectivity index (χ1v) is 13.6. The van der Waals surface area contributed by atoms with Crippen LogP contribution in [0.4, 0.5) is 5.88 Å². The highest BCUT2D eigenvalue weighted by molar-refractivity contribution is 6.08. The molecule has 2 heterocycles. The van der Waals surface area contributed by atoms with Crippen molar-refractivity contribution >= 4 is 17.6 Å². The molecule has 0 unspecified atom stereocenters. The highest BCUT2D eigenvalue weighted by atomic mass is 16.5. The number of hydrogen-bond donors (Lipinski definition) is 0. The van der Waals surface area contributed by atoms with Gasteiger partial charge in [-0.1, -0.05) is 79.9 Å². The van der Waals surface area contributed by atoms with E-state index in [1.165, 1.54) is 16.7 Å². The summed E-state index contributed by atoms with van der Waals surface area (Å²) in [4.78, 5) is 22.8. The minimum absolute atomic E-state index is 0.203. The van der Waals surface area contributed by atoms with E-state index in [9.17, 15) is 4.79 Å². The number of benzene rings is 2. The molecule has 0 atom stereocenters. The Labute approximate surface area is 220 Å². The third-order valence-electron chi connectivity index (χ3n) is 7.96. The number of carbonyl (C=O) groups excluding carboxylic acids is 1. The summed E-state index contributed by atoms with van der Waals surface area (Å²) in [7, 11) is 2.04. The molecule has 1 aliphatic heterocycles. The van der Waals surface area contributed by atoms with Crippen LogP contribution in [0.5, 0.6) is 0 Å². The number of aromatic nitrogens is 1. The fraction of sp³-hybridized carbons (Fsp3) is 0.452. The summed E-state index contributed by atoms with van der Waals surface area (Å²) < 4.78 is 5.64. The molecule has 2 aromatic carbocycles. The molecule has 1 aliphatic carbocycles. The highest BCUT2D eigenvalue weighted by Gasteiger charge is 2.49. The van der Waals surface area contributed by atoms with E-state index in [1.807, 2.05) is 31.9 Å². The zero-order chi connectivity index (χ0) is 26.0. The van der Waals surface area contributed by atoms with Gasteiger partial charge in [0.25, 0.3) is 5.91 Å². The third-order valence-corrected chi connectivity index (χ3v) is 7.96. The lowest BCUT2D eigenvalue weighted by Crippen LogP contribution is -2.40. The Morgan fingerprint density at radius 3 is 2.51 bits per heavy atom. The molecule has 194 valence electrons. The molecule has 37 heavy (non-hydrogen) atoms. The van der Waals surface area contributed by atoms with E-state index in [0.717, 1.165) is 73.5 Å². The lowest BCUT2D eigenvalue weighted by Gasteiger charge is -2.24. The first kappa shape index (κ1) is 25.2. The van der Waals surface area contributed by atoms with Gasteiger partial charge < -0.3 is 9.42 Å². The van der Waals surface area contributed by atoms with Gasteiger partial charge in [-0.05, 0) is 55.4 Å². The number of nitrogens with zero attached hydrogens (tertiary/aromatic N) is 4. The molecule has 6 heteroatoms. The Morgan fingerprint density at radius 2 is 1.84 bits per heavy atom. The van der Waals surface area contributed by atoms with E-state index in [4.69, 9.17) is 9.52 Å². The molecule has 2 aliphatic rings. The number of amides is 1. The molecule has 1 amide bonds. The standard InChI is InChI=1S/C31H38N4O2/c1-5-6-14-28-32-31(17-10-11-18-31)30(36)35(28)20-24-15-16-27(25-12-8-7-9-13-25)26(19-24)21-34(4)29-22(2)23(3)33-37-29/h7-9,12-13,15-16,19H,5-6,10-11,14,17-18,20-21H2,1-4H3. The van der Waals surface area contributed by atoms with Gasteiger partial charge in [-0.3, -0.25) is 14.7 Å². The number of unbranched alkanes of at least 4 members (excludes halogenated alkanes) is 1. The monoisotopic (exact) mass is 498 g/mol. The predicted octanol–water partition coefficient (Wildman–Crippen LogP) is 6.84. The van der Waals surface area contributed by atoms with Crippen molar-refractivity contribution in [2.24, 2.45) is 4.99 Å². The van der Waals surface area contributed by atoms with Crippen molar-refractivity contribution in [1.29, 1.82) is 0 Å². The number of aliphatic imine (C=N–C) groups is 1. The van der Waals surface area contributed by atoms with E-state index < -0.39 is 5.54 Å². The van der Waals surface area contributed by atoms with Gasteiger partial charge in [-0.2, -0.15) is 0 Å². The number of hydrogen-bond acceptors (Lipinski definition) is 5. The number of carbonyl (C=O) groups is 1. The van der Waals surface area contributed by atoms with Crippen molar-refractivity contribution in [2.45, 2.75) is 84.3 Å². The molecule has 1 fully saturated rings. The largest absolute Gasteiger partial charge is 0.339 e.